The lowest BCUT2D eigenvalue weighted by atomic mass is 10.2. The molecule has 0 atom stereocenters. The number of rotatable bonds is 6. The molecule has 2 heterocycles. The summed E-state index contributed by atoms with van der Waals surface area (Å²) in [6.45, 7) is 5.98. The highest BCUT2D eigenvalue weighted by Crippen LogP contribution is 1.99. The third-order valence-electron chi connectivity index (χ3n) is 3.01. The number of aryl methyl sites for hydroxylation is 2. The van der Waals surface area contributed by atoms with Gasteiger partial charge in [0.05, 0.1) is 0 Å². The first-order valence-electron chi connectivity index (χ1n) is 6.80. The van der Waals surface area contributed by atoms with Crippen molar-refractivity contribution in [1.29, 1.82) is 0 Å². The molecule has 0 fully saturated rings. The maximum atomic E-state index is 4.49. The van der Waals surface area contributed by atoms with Gasteiger partial charge >= 0.3 is 0 Å². The van der Waals surface area contributed by atoms with Crippen molar-refractivity contribution in [2.45, 2.75) is 26.7 Å². The van der Waals surface area contributed by atoms with E-state index in [9.17, 15) is 0 Å². The maximum Gasteiger partial charge on any atom is 0.0419 e. The molecule has 0 aliphatic rings. The van der Waals surface area contributed by atoms with Gasteiger partial charge in [0.2, 0.25) is 0 Å². The van der Waals surface area contributed by atoms with E-state index in [-0.39, 0.29) is 0 Å². The Morgan fingerprint density at radius 1 is 0.789 bits per heavy atom. The van der Waals surface area contributed by atoms with Gasteiger partial charge in [0.25, 0.3) is 0 Å². The van der Waals surface area contributed by atoms with Gasteiger partial charge in [-0.05, 0) is 38.1 Å². The molecule has 0 aliphatic carbocycles. The minimum absolute atomic E-state index is 0.961. The summed E-state index contributed by atoms with van der Waals surface area (Å²) >= 11 is 0. The normalized spacial score (nSPS) is 10.6. The van der Waals surface area contributed by atoms with Gasteiger partial charge in [-0.1, -0.05) is 12.1 Å². The molecule has 3 heteroatoms. The maximum absolute atomic E-state index is 4.49. The fourth-order valence-corrected chi connectivity index (χ4v) is 2.04. The summed E-state index contributed by atoms with van der Waals surface area (Å²) in [5, 5.41) is 3.44. The molecule has 0 amide bonds. The van der Waals surface area contributed by atoms with Crippen LogP contribution in [0.15, 0.2) is 36.4 Å². The van der Waals surface area contributed by atoms with Crippen LogP contribution in [0.4, 0.5) is 0 Å². The molecular weight excluding hydrogens is 234 g/mol. The Bertz CT molecular complexity index is 475. The van der Waals surface area contributed by atoms with E-state index < -0.39 is 0 Å². The van der Waals surface area contributed by atoms with Crippen molar-refractivity contribution < 1.29 is 0 Å². The molecule has 0 spiro atoms. The molecule has 0 unspecified atom stereocenters. The molecule has 0 radical (unpaired) electrons. The molecule has 2 aromatic rings. The van der Waals surface area contributed by atoms with Gasteiger partial charge in [0.1, 0.15) is 0 Å². The number of hydrogen-bond donors (Lipinski definition) is 1. The van der Waals surface area contributed by atoms with E-state index in [4.69, 9.17) is 0 Å². The largest absolute Gasteiger partial charge is 0.316 e. The quantitative estimate of drug-likeness (QED) is 0.806. The summed E-state index contributed by atoms with van der Waals surface area (Å²) in [4.78, 5) is 8.98. The van der Waals surface area contributed by atoms with Crippen molar-refractivity contribution in [3.63, 3.8) is 0 Å². The molecule has 0 bridgehead atoms. The van der Waals surface area contributed by atoms with Crippen molar-refractivity contribution in [2.24, 2.45) is 0 Å². The lowest BCUT2D eigenvalue weighted by Gasteiger charge is -2.05. The highest BCUT2D eigenvalue weighted by molar-refractivity contribution is 5.11. The second-order valence-corrected chi connectivity index (χ2v) is 4.79. The summed E-state index contributed by atoms with van der Waals surface area (Å²) in [7, 11) is 0. The molecule has 1 N–H and O–H groups in total. The first-order valence-corrected chi connectivity index (χ1v) is 6.80. The van der Waals surface area contributed by atoms with Gasteiger partial charge in [0, 0.05) is 48.7 Å². The minimum Gasteiger partial charge on any atom is -0.316 e. The van der Waals surface area contributed by atoms with E-state index >= 15 is 0 Å². The van der Waals surface area contributed by atoms with Crippen LogP contribution in [0.1, 0.15) is 22.8 Å². The number of hydrogen-bond acceptors (Lipinski definition) is 3. The summed E-state index contributed by atoms with van der Waals surface area (Å²) in [6, 6.07) is 12.3. The van der Waals surface area contributed by atoms with E-state index in [1.807, 2.05) is 26.0 Å². The van der Waals surface area contributed by atoms with Crippen LogP contribution in [-0.2, 0) is 12.8 Å². The summed E-state index contributed by atoms with van der Waals surface area (Å²) in [5.74, 6) is 0. The average Bonchev–Trinajstić information content (AvgIpc) is 2.38. The molecule has 19 heavy (non-hydrogen) atoms. The summed E-state index contributed by atoms with van der Waals surface area (Å²) < 4.78 is 0. The number of pyridine rings is 2. The van der Waals surface area contributed by atoms with Gasteiger partial charge in [-0.2, -0.15) is 0 Å². The molecule has 0 aliphatic heterocycles. The van der Waals surface area contributed by atoms with Crippen LogP contribution in [-0.4, -0.2) is 23.1 Å². The predicted octanol–water partition coefficient (Wildman–Crippen LogP) is 2.47. The molecule has 0 saturated carbocycles. The smallest absolute Gasteiger partial charge is 0.0419 e. The summed E-state index contributed by atoms with van der Waals surface area (Å²) in [6.07, 6.45) is 1.95. The lowest BCUT2D eigenvalue weighted by Crippen LogP contribution is -2.21. The molecular formula is C16H21N3. The fraction of sp³-hybridized carbons (Fsp3) is 0.375. The highest BCUT2D eigenvalue weighted by Gasteiger charge is 1.97. The van der Waals surface area contributed by atoms with E-state index in [1.54, 1.807) is 0 Å². The SMILES string of the molecule is Cc1cccc(CCNCCc2cccc(C)n2)n1. The van der Waals surface area contributed by atoms with Crippen LogP contribution in [0.25, 0.3) is 0 Å². The Kier molecular flexibility index (Phi) is 5.04. The van der Waals surface area contributed by atoms with Crippen molar-refractivity contribution in [3.8, 4) is 0 Å². The zero-order valence-electron chi connectivity index (χ0n) is 11.7. The Morgan fingerprint density at radius 3 is 1.68 bits per heavy atom. The van der Waals surface area contributed by atoms with E-state index in [1.165, 1.54) is 0 Å². The molecule has 0 aromatic carbocycles. The number of aromatic nitrogens is 2. The lowest BCUT2D eigenvalue weighted by molar-refractivity contribution is 0.668. The fourth-order valence-electron chi connectivity index (χ4n) is 2.04. The van der Waals surface area contributed by atoms with E-state index in [0.29, 0.717) is 0 Å². The molecule has 2 aromatic heterocycles. The van der Waals surface area contributed by atoms with Gasteiger partial charge < -0.3 is 5.32 Å². The number of nitrogens with zero attached hydrogens (tertiary/aromatic N) is 2. The first kappa shape index (κ1) is 13.7. The Labute approximate surface area is 115 Å². The second-order valence-electron chi connectivity index (χ2n) is 4.79. The standard InChI is InChI=1S/C16H21N3/c1-13-5-3-7-15(18-13)9-11-17-12-10-16-8-4-6-14(2)19-16/h3-8,17H,9-12H2,1-2H3. The molecule has 3 nitrogen and oxygen atoms in total. The Balaban J connectivity index is 1.67. The first-order chi connectivity index (χ1) is 9.24. The van der Waals surface area contributed by atoms with Gasteiger partial charge in [-0.3, -0.25) is 9.97 Å². The summed E-state index contributed by atoms with van der Waals surface area (Å²) in [5.41, 5.74) is 4.48. The zero-order valence-corrected chi connectivity index (χ0v) is 11.7. The van der Waals surface area contributed by atoms with Crippen LogP contribution in [0.5, 0.6) is 0 Å². The van der Waals surface area contributed by atoms with Crippen LogP contribution >= 0.6 is 0 Å². The van der Waals surface area contributed by atoms with Crippen molar-refractivity contribution in [2.75, 3.05) is 13.1 Å². The third-order valence-corrected chi connectivity index (χ3v) is 3.01. The van der Waals surface area contributed by atoms with E-state index in [2.05, 4.69) is 39.6 Å². The van der Waals surface area contributed by atoms with Crippen molar-refractivity contribution in [3.05, 3.63) is 59.2 Å². The van der Waals surface area contributed by atoms with Crippen LogP contribution in [0.3, 0.4) is 0 Å². The van der Waals surface area contributed by atoms with Crippen LogP contribution in [0, 0.1) is 13.8 Å². The highest BCUT2D eigenvalue weighted by atomic mass is 14.9. The third kappa shape index (κ3) is 4.79. The molecule has 2 rings (SSSR count). The predicted molar refractivity (Wildman–Crippen MR) is 78.2 cm³/mol. The van der Waals surface area contributed by atoms with E-state index in [0.717, 1.165) is 48.7 Å². The monoisotopic (exact) mass is 255 g/mol. The molecule has 100 valence electrons. The van der Waals surface area contributed by atoms with Gasteiger partial charge in [0.15, 0.2) is 0 Å². The zero-order chi connectivity index (χ0) is 13.5. The average molecular weight is 255 g/mol. The van der Waals surface area contributed by atoms with Crippen molar-refractivity contribution >= 4 is 0 Å². The second kappa shape index (κ2) is 7.00. The topological polar surface area (TPSA) is 37.8 Å². The van der Waals surface area contributed by atoms with Gasteiger partial charge in [-0.25, -0.2) is 0 Å². The van der Waals surface area contributed by atoms with Gasteiger partial charge in [-0.15, -0.1) is 0 Å². The number of nitrogens with one attached hydrogen (secondary N) is 1. The Morgan fingerprint density at radius 2 is 1.26 bits per heavy atom. The molecule has 0 saturated heterocycles. The van der Waals surface area contributed by atoms with Crippen LogP contribution < -0.4 is 5.32 Å². The van der Waals surface area contributed by atoms with Crippen molar-refractivity contribution in [1.82, 2.24) is 15.3 Å². The minimum atomic E-state index is 0.961. The van der Waals surface area contributed by atoms with Crippen LogP contribution in [0.2, 0.25) is 0 Å². The Hall–Kier alpha value is -1.74.